The summed E-state index contributed by atoms with van der Waals surface area (Å²) >= 11 is 0. The summed E-state index contributed by atoms with van der Waals surface area (Å²) in [6.07, 6.45) is 7.22. The predicted octanol–water partition coefficient (Wildman–Crippen LogP) is 4.74. The maximum atomic E-state index is 12.2. The van der Waals surface area contributed by atoms with Crippen LogP contribution in [0.2, 0.25) is 0 Å². The van der Waals surface area contributed by atoms with Gasteiger partial charge in [0.1, 0.15) is 0 Å². The van der Waals surface area contributed by atoms with E-state index in [2.05, 4.69) is 6.58 Å². The van der Waals surface area contributed by atoms with Crippen LogP contribution < -0.4 is 0 Å². The van der Waals surface area contributed by atoms with E-state index < -0.39 is 0 Å². The van der Waals surface area contributed by atoms with Gasteiger partial charge in [-0.25, -0.2) is 0 Å². The molecule has 0 heterocycles. The molecular formula is C18H20O. The van der Waals surface area contributed by atoms with Crippen molar-refractivity contribution < 1.29 is 4.79 Å². The molecule has 0 saturated heterocycles. The first-order valence-electron chi connectivity index (χ1n) is 6.33. The SMILES string of the molecule is C=C(C)/C(=C\C=C/C)C(=O)/C=C(\C)c1ccccc1. The Bertz CT molecular complexity index is 542. The Morgan fingerprint density at radius 1 is 1.16 bits per heavy atom. The summed E-state index contributed by atoms with van der Waals surface area (Å²) < 4.78 is 0. The average molecular weight is 252 g/mol. The van der Waals surface area contributed by atoms with Crippen LogP contribution in [0.4, 0.5) is 0 Å². The van der Waals surface area contributed by atoms with E-state index in [1.54, 1.807) is 12.2 Å². The van der Waals surface area contributed by atoms with Crippen LogP contribution in [-0.2, 0) is 4.79 Å². The largest absolute Gasteiger partial charge is 0.289 e. The quantitative estimate of drug-likeness (QED) is 0.546. The molecule has 0 radical (unpaired) electrons. The Balaban J connectivity index is 3.03. The van der Waals surface area contributed by atoms with Gasteiger partial charge < -0.3 is 0 Å². The van der Waals surface area contributed by atoms with Gasteiger partial charge in [-0.05, 0) is 43.6 Å². The van der Waals surface area contributed by atoms with Crippen molar-refractivity contribution >= 4 is 11.4 Å². The first-order valence-corrected chi connectivity index (χ1v) is 6.33. The fraction of sp³-hybridized carbons (Fsp3) is 0.167. The molecule has 1 rings (SSSR count). The molecule has 0 aliphatic rings. The minimum atomic E-state index is -0.00745. The van der Waals surface area contributed by atoms with Crippen molar-refractivity contribution in [3.8, 4) is 0 Å². The highest BCUT2D eigenvalue weighted by Gasteiger charge is 2.07. The average Bonchev–Trinajstić information content (AvgIpc) is 2.39. The van der Waals surface area contributed by atoms with Crippen LogP contribution in [-0.4, -0.2) is 5.78 Å². The third kappa shape index (κ3) is 4.55. The van der Waals surface area contributed by atoms with Crippen molar-refractivity contribution in [2.24, 2.45) is 0 Å². The summed E-state index contributed by atoms with van der Waals surface area (Å²) in [5.41, 5.74) is 3.44. The Kier molecular flexibility index (Phi) is 5.74. The monoisotopic (exact) mass is 252 g/mol. The number of carbonyl (C=O) groups excluding carboxylic acids is 1. The molecule has 0 amide bonds. The normalized spacial score (nSPS) is 12.8. The molecule has 0 N–H and O–H groups in total. The lowest BCUT2D eigenvalue weighted by Gasteiger charge is -2.04. The molecule has 1 nitrogen and oxygen atoms in total. The molecule has 0 bridgehead atoms. The molecule has 0 aliphatic carbocycles. The van der Waals surface area contributed by atoms with Crippen LogP contribution in [0, 0.1) is 0 Å². The molecule has 0 atom stereocenters. The van der Waals surface area contributed by atoms with Gasteiger partial charge in [-0.3, -0.25) is 4.79 Å². The number of benzene rings is 1. The number of carbonyl (C=O) groups is 1. The van der Waals surface area contributed by atoms with E-state index in [4.69, 9.17) is 0 Å². The van der Waals surface area contributed by atoms with Crippen LogP contribution in [0.15, 0.2) is 72.4 Å². The second kappa shape index (κ2) is 7.32. The minimum Gasteiger partial charge on any atom is -0.289 e. The van der Waals surface area contributed by atoms with Gasteiger partial charge in [-0.1, -0.05) is 55.1 Å². The standard InChI is InChI=1S/C18H20O/c1-5-6-12-17(14(2)3)18(19)13-15(4)16-10-8-7-9-11-16/h5-13H,2H2,1,3-4H3/b6-5-,15-13+,17-12+. The molecule has 1 aromatic rings. The van der Waals surface area contributed by atoms with Gasteiger partial charge in [-0.2, -0.15) is 0 Å². The van der Waals surface area contributed by atoms with Crippen molar-refractivity contribution in [1.29, 1.82) is 0 Å². The van der Waals surface area contributed by atoms with Crippen LogP contribution >= 0.6 is 0 Å². The number of rotatable bonds is 5. The lowest BCUT2D eigenvalue weighted by molar-refractivity contribution is -0.111. The summed E-state index contributed by atoms with van der Waals surface area (Å²) in [6.45, 7) is 9.57. The first-order chi connectivity index (χ1) is 9.06. The summed E-state index contributed by atoms with van der Waals surface area (Å²) in [6, 6.07) is 9.88. The van der Waals surface area contributed by atoms with Gasteiger partial charge in [0.2, 0.25) is 0 Å². The fourth-order valence-corrected chi connectivity index (χ4v) is 1.69. The topological polar surface area (TPSA) is 17.1 Å². The van der Waals surface area contributed by atoms with E-state index in [9.17, 15) is 4.79 Å². The van der Waals surface area contributed by atoms with Gasteiger partial charge in [-0.15, -0.1) is 0 Å². The number of hydrogen-bond acceptors (Lipinski definition) is 1. The Labute approximate surface area is 115 Å². The molecule has 0 spiro atoms. The molecule has 0 saturated carbocycles. The van der Waals surface area contributed by atoms with E-state index >= 15 is 0 Å². The molecular weight excluding hydrogens is 232 g/mol. The molecule has 1 heteroatoms. The Morgan fingerprint density at radius 2 is 1.79 bits per heavy atom. The fourth-order valence-electron chi connectivity index (χ4n) is 1.69. The van der Waals surface area contributed by atoms with Crippen LogP contribution in [0.5, 0.6) is 0 Å². The lowest BCUT2D eigenvalue weighted by Crippen LogP contribution is -2.00. The second-order valence-electron chi connectivity index (χ2n) is 4.44. The maximum absolute atomic E-state index is 12.2. The zero-order chi connectivity index (χ0) is 14.3. The van der Waals surface area contributed by atoms with Crippen LogP contribution in [0.25, 0.3) is 5.57 Å². The molecule has 0 unspecified atom stereocenters. The molecule has 0 aromatic heterocycles. The predicted molar refractivity (Wildman–Crippen MR) is 82.8 cm³/mol. The van der Waals surface area contributed by atoms with Crippen molar-refractivity contribution in [2.45, 2.75) is 20.8 Å². The van der Waals surface area contributed by atoms with E-state index in [1.165, 1.54) is 0 Å². The van der Waals surface area contributed by atoms with Crippen molar-refractivity contribution in [2.75, 3.05) is 0 Å². The van der Waals surface area contributed by atoms with Gasteiger partial charge in [0.15, 0.2) is 5.78 Å². The Morgan fingerprint density at radius 3 is 2.32 bits per heavy atom. The summed E-state index contributed by atoms with van der Waals surface area (Å²) in [5, 5.41) is 0. The van der Waals surface area contributed by atoms with Crippen LogP contribution in [0.3, 0.4) is 0 Å². The van der Waals surface area contributed by atoms with Crippen LogP contribution in [0.1, 0.15) is 26.3 Å². The molecule has 0 fully saturated rings. The summed E-state index contributed by atoms with van der Waals surface area (Å²) in [5.74, 6) is -0.00745. The van der Waals surface area contributed by atoms with E-state index in [0.29, 0.717) is 5.57 Å². The maximum Gasteiger partial charge on any atom is 0.186 e. The van der Waals surface area contributed by atoms with Crippen molar-refractivity contribution in [1.82, 2.24) is 0 Å². The Hall–Kier alpha value is -2.15. The molecule has 19 heavy (non-hydrogen) atoms. The van der Waals surface area contributed by atoms with Gasteiger partial charge in [0.05, 0.1) is 0 Å². The highest BCUT2D eigenvalue weighted by molar-refractivity contribution is 6.10. The first kappa shape index (κ1) is 14.9. The number of hydrogen-bond donors (Lipinski definition) is 0. The highest BCUT2D eigenvalue weighted by atomic mass is 16.1. The number of ketones is 1. The van der Waals surface area contributed by atoms with E-state index in [-0.39, 0.29) is 5.78 Å². The summed E-state index contributed by atoms with van der Waals surface area (Å²) in [7, 11) is 0. The van der Waals surface area contributed by atoms with Gasteiger partial charge in [0, 0.05) is 5.57 Å². The van der Waals surface area contributed by atoms with E-state index in [1.807, 2.05) is 63.3 Å². The van der Waals surface area contributed by atoms with E-state index in [0.717, 1.165) is 16.7 Å². The molecule has 1 aromatic carbocycles. The molecule has 0 aliphatic heterocycles. The zero-order valence-corrected chi connectivity index (χ0v) is 11.8. The second-order valence-corrected chi connectivity index (χ2v) is 4.44. The molecule has 98 valence electrons. The highest BCUT2D eigenvalue weighted by Crippen LogP contribution is 2.16. The minimum absolute atomic E-state index is 0.00745. The lowest BCUT2D eigenvalue weighted by atomic mass is 9.99. The third-order valence-electron chi connectivity index (χ3n) is 2.76. The van der Waals surface area contributed by atoms with Gasteiger partial charge in [0.25, 0.3) is 0 Å². The van der Waals surface area contributed by atoms with Gasteiger partial charge >= 0.3 is 0 Å². The smallest absolute Gasteiger partial charge is 0.186 e. The van der Waals surface area contributed by atoms with Crippen molar-refractivity contribution in [3.05, 3.63) is 77.9 Å². The number of allylic oxidation sites excluding steroid dienone is 7. The zero-order valence-electron chi connectivity index (χ0n) is 11.8. The van der Waals surface area contributed by atoms with Crippen molar-refractivity contribution in [3.63, 3.8) is 0 Å². The summed E-state index contributed by atoms with van der Waals surface area (Å²) in [4.78, 5) is 12.2. The third-order valence-corrected chi connectivity index (χ3v) is 2.76.